The highest BCUT2D eigenvalue weighted by Gasteiger charge is 2.25. The van der Waals surface area contributed by atoms with Crippen LogP contribution in [0.15, 0.2) is 6.20 Å². The summed E-state index contributed by atoms with van der Waals surface area (Å²) in [5.74, 6) is 0. The molecule has 0 fully saturated rings. The Balaban J connectivity index is 1.93. The minimum atomic E-state index is 0.445. The van der Waals surface area contributed by atoms with Crippen molar-refractivity contribution in [2.75, 3.05) is 6.54 Å². The number of hydrogen-bond acceptors (Lipinski definition) is 4. The van der Waals surface area contributed by atoms with Crippen molar-refractivity contribution < 1.29 is 0 Å². The Morgan fingerprint density at radius 2 is 2.35 bits per heavy atom. The van der Waals surface area contributed by atoms with E-state index in [1.165, 1.54) is 41.8 Å². The quantitative estimate of drug-likeness (QED) is 0.940. The first-order valence-electron chi connectivity index (χ1n) is 7.42. The molecular formula is C15H22N4S. The number of aryl methyl sites for hydroxylation is 3. The number of aromatic nitrogens is 3. The summed E-state index contributed by atoms with van der Waals surface area (Å²) in [7, 11) is 1.97. The van der Waals surface area contributed by atoms with Crippen LogP contribution < -0.4 is 5.32 Å². The van der Waals surface area contributed by atoms with Crippen molar-refractivity contribution in [3.8, 4) is 10.6 Å². The van der Waals surface area contributed by atoms with E-state index in [0.29, 0.717) is 6.04 Å². The van der Waals surface area contributed by atoms with Crippen molar-refractivity contribution in [3.05, 3.63) is 22.5 Å². The second kappa shape index (κ2) is 5.66. The first-order chi connectivity index (χ1) is 9.69. The molecule has 0 bridgehead atoms. The average molecular weight is 290 g/mol. The highest BCUT2D eigenvalue weighted by molar-refractivity contribution is 7.15. The second-order valence-corrected chi connectivity index (χ2v) is 6.61. The molecule has 0 saturated heterocycles. The van der Waals surface area contributed by atoms with E-state index in [2.05, 4.69) is 30.5 Å². The van der Waals surface area contributed by atoms with E-state index >= 15 is 0 Å². The maximum absolute atomic E-state index is 4.93. The number of nitrogens with one attached hydrogen (secondary N) is 1. The standard InChI is InChI=1S/C15H22N4S/c1-4-8-16-12-6-5-7-13-14(12)17-15(20-13)11-9-19(3)18-10(11)2/h9,12,16H,4-8H2,1-3H3. The molecule has 1 N–H and O–H groups in total. The van der Waals surface area contributed by atoms with Gasteiger partial charge in [0.05, 0.1) is 23.0 Å². The fraction of sp³-hybridized carbons (Fsp3) is 0.600. The Morgan fingerprint density at radius 3 is 3.05 bits per heavy atom. The molecule has 0 aromatic carbocycles. The maximum atomic E-state index is 4.93. The largest absolute Gasteiger partial charge is 0.309 e. The molecule has 2 heterocycles. The average Bonchev–Trinajstić information content (AvgIpc) is 2.99. The molecular weight excluding hydrogens is 268 g/mol. The number of fused-ring (bicyclic) bond motifs is 1. The summed E-state index contributed by atoms with van der Waals surface area (Å²) >= 11 is 1.85. The van der Waals surface area contributed by atoms with E-state index in [1.807, 2.05) is 23.1 Å². The van der Waals surface area contributed by atoms with Gasteiger partial charge in [0.25, 0.3) is 0 Å². The molecule has 5 heteroatoms. The van der Waals surface area contributed by atoms with Crippen molar-refractivity contribution >= 4 is 11.3 Å². The number of nitrogens with zero attached hydrogens (tertiary/aromatic N) is 3. The van der Waals surface area contributed by atoms with Crippen molar-refractivity contribution in [1.82, 2.24) is 20.1 Å². The van der Waals surface area contributed by atoms with Crippen molar-refractivity contribution in [2.24, 2.45) is 7.05 Å². The molecule has 2 aromatic rings. The minimum absolute atomic E-state index is 0.445. The molecule has 3 rings (SSSR count). The van der Waals surface area contributed by atoms with E-state index in [0.717, 1.165) is 17.2 Å². The topological polar surface area (TPSA) is 42.7 Å². The van der Waals surface area contributed by atoms with Crippen molar-refractivity contribution in [3.63, 3.8) is 0 Å². The van der Waals surface area contributed by atoms with Gasteiger partial charge in [-0.1, -0.05) is 6.92 Å². The smallest absolute Gasteiger partial charge is 0.127 e. The van der Waals surface area contributed by atoms with Gasteiger partial charge in [0.15, 0.2) is 0 Å². The zero-order valence-corrected chi connectivity index (χ0v) is 13.3. The van der Waals surface area contributed by atoms with E-state index in [-0.39, 0.29) is 0 Å². The first kappa shape index (κ1) is 13.8. The summed E-state index contributed by atoms with van der Waals surface area (Å²) < 4.78 is 1.87. The Kier molecular flexibility index (Phi) is 3.89. The molecule has 0 amide bonds. The molecule has 0 radical (unpaired) electrons. The predicted octanol–water partition coefficient (Wildman–Crippen LogP) is 3.23. The summed E-state index contributed by atoms with van der Waals surface area (Å²) in [6, 6.07) is 0.445. The molecule has 1 aliphatic carbocycles. The lowest BCUT2D eigenvalue weighted by Crippen LogP contribution is -2.25. The zero-order chi connectivity index (χ0) is 14.1. The van der Waals surface area contributed by atoms with Gasteiger partial charge in [0.2, 0.25) is 0 Å². The van der Waals surface area contributed by atoms with Crippen LogP contribution in [0.4, 0.5) is 0 Å². The van der Waals surface area contributed by atoms with Gasteiger partial charge in [-0.3, -0.25) is 4.68 Å². The summed E-state index contributed by atoms with van der Waals surface area (Å²) in [6.07, 6.45) is 6.90. The van der Waals surface area contributed by atoms with Gasteiger partial charge in [-0.15, -0.1) is 11.3 Å². The normalized spacial score (nSPS) is 18.2. The van der Waals surface area contributed by atoms with Gasteiger partial charge in [-0.05, 0) is 39.2 Å². The minimum Gasteiger partial charge on any atom is -0.309 e. The lowest BCUT2D eigenvalue weighted by molar-refractivity contribution is 0.454. The molecule has 108 valence electrons. The van der Waals surface area contributed by atoms with Crippen LogP contribution in [0, 0.1) is 6.92 Å². The van der Waals surface area contributed by atoms with Crippen LogP contribution in [-0.2, 0) is 13.5 Å². The van der Waals surface area contributed by atoms with E-state index < -0.39 is 0 Å². The van der Waals surface area contributed by atoms with Gasteiger partial charge in [0.1, 0.15) is 5.01 Å². The molecule has 2 aromatic heterocycles. The van der Waals surface area contributed by atoms with E-state index in [1.54, 1.807) is 0 Å². The first-order valence-corrected chi connectivity index (χ1v) is 8.24. The van der Waals surface area contributed by atoms with Crippen LogP contribution in [0.25, 0.3) is 10.6 Å². The lowest BCUT2D eigenvalue weighted by atomic mass is 9.97. The van der Waals surface area contributed by atoms with Gasteiger partial charge in [0, 0.05) is 18.1 Å². The van der Waals surface area contributed by atoms with E-state index in [4.69, 9.17) is 4.98 Å². The highest BCUT2D eigenvalue weighted by atomic mass is 32.1. The van der Waals surface area contributed by atoms with Crippen molar-refractivity contribution in [2.45, 2.75) is 45.6 Å². The molecule has 4 nitrogen and oxygen atoms in total. The fourth-order valence-corrected chi connectivity index (χ4v) is 4.09. The monoisotopic (exact) mass is 290 g/mol. The second-order valence-electron chi connectivity index (χ2n) is 5.53. The van der Waals surface area contributed by atoms with Crippen LogP contribution in [0.2, 0.25) is 0 Å². The number of rotatable bonds is 4. The highest BCUT2D eigenvalue weighted by Crippen LogP contribution is 2.37. The summed E-state index contributed by atoms with van der Waals surface area (Å²) in [4.78, 5) is 6.39. The predicted molar refractivity (Wildman–Crippen MR) is 83.0 cm³/mol. The van der Waals surface area contributed by atoms with Crippen molar-refractivity contribution in [1.29, 1.82) is 0 Å². The van der Waals surface area contributed by atoms with E-state index in [9.17, 15) is 0 Å². The summed E-state index contributed by atoms with van der Waals surface area (Å²) in [5, 5.41) is 9.20. The third kappa shape index (κ3) is 2.52. The van der Waals surface area contributed by atoms with Crippen LogP contribution in [0.1, 0.15) is 48.5 Å². The van der Waals surface area contributed by atoms with Crippen LogP contribution in [-0.4, -0.2) is 21.3 Å². The Bertz CT molecular complexity index is 599. The molecule has 1 atom stereocenters. The number of hydrogen-bond donors (Lipinski definition) is 1. The maximum Gasteiger partial charge on any atom is 0.127 e. The van der Waals surface area contributed by atoms with Crippen LogP contribution >= 0.6 is 11.3 Å². The van der Waals surface area contributed by atoms with Gasteiger partial charge < -0.3 is 5.32 Å². The molecule has 1 unspecified atom stereocenters. The van der Waals surface area contributed by atoms with Gasteiger partial charge in [-0.25, -0.2) is 4.98 Å². The summed E-state index contributed by atoms with van der Waals surface area (Å²) in [6.45, 7) is 5.34. The molecule has 0 spiro atoms. The Morgan fingerprint density at radius 1 is 1.50 bits per heavy atom. The van der Waals surface area contributed by atoms with Gasteiger partial charge in [-0.2, -0.15) is 5.10 Å². The SMILES string of the molecule is CCCNC1CCCc2sc(-c3cn(C)nc3C)nc21. The fourth-order valence-electron chi connectivity index (χ4n) is 2.86. The molecule has 0 saturated carbocycles. The molecule has 20 heavy (non-hydrogen) atoms. The number of thiazole rings is 1. The van der Waals surface area contributed by atoms with Crippen LogP contribution in [0.5, 0.6) is 0 Å². The lowest BCUT2D eigenvalue weighted by Gasteiger charge is -2.22. The molecule has 1 aliphatic rings. The third-order valence-electron chi connectivity index (χ3n) is 3.84. The Labute approximate surface area is 124 Å². The van der Waals surface area contributed by atoms with Crippen LogP contribution in [0.3, 0.4) is 0 Å². The Hall–Kier alpha value is -1.20. The third-order valence-corrected chi connectivity index (χ3v) is 5.00. The zero-order valence-electron chi connectivity index (χ0n) is 12.4. The molecule has 0 aliphatic heterocycles. The summed E-state index contributed by atoms with van der Waals surface area (Å²) in [5.41, 5.74) is 3.53. The van der Waals surface area contributed by atoms with Gasteiger partial charge >= 0.3 is 0 Å².